The maximum Gasteiger partial charge on any atom is 0.0360 e. The van der Waals surface area contributed by atoms with Crippen molar-refractivity contribution in [2.45, 2.75) is 43.7 Å². The first-order valence-electron chi connectivity index (χ1n) is 6.43. The Morgan fingerprint density at radius 3 is 2.44 bits per heavy atom. The molecule has 2 rings (SSSR count). The van der Waals surface area contributed by atoms with Crippen molar-refractivity contribution < 1.29 is 0 Å². The standard InChI is InChI=1S/C14H24N2/c1-16(2)14(10-6-7-11-14)13(15)12-8-4-3-5-9-12/h3-5,8,12-13H,6-7,9-11,15H2,1-2H3. The van der Waals surface area contributed by atoms with E-state index < -0.39 is 0 Å². The molecule has 16 heavy (non-hydrogen) atoms. The van der Waals surface area contributed by atoms with Gasteiger partial charge in [-0.2, -0.15) is 0 Å². The van der Waals surface area contributed by atoms with Crippen LogP contribution in [0.5, 0.6) is 0 Å². The SMILES string of the molecule is CN(C)C1(C(N)C2C=CC=CC2)CCCC1. The van der Waals surface area contributed by atoms with Gasteiger partial charge in [0.1, 0.15) is 0 Å². The van der Waals surface area contributed by atoms with E-state index >= 15 is 0 Å². The van der Waals surface area contributed by atoms with Gasteiger partial charge in [0.25, 0.3) is 0 Å². The summed E-state index contributed by atoms with van der Waals surface area (Å²) in [6, 6.07) is 0.270. The van der Waals surface area contributed by atoms with Gasteiger partial charge in [-0.15, -0.1) is 0 Å². The fraction of sp³-hybridized carbons (Fsp3) is 0.714. The third kappa shape index (κ3) is 1.96. The Hall–Kier alpha value is -0.600. The highest BCUT2D eigenvalue weighted by Crippen LogP contribution is 2.39. The molecular formula is C14H24N2. The topological polar surface area (TPSA) is 29.3 Å². The molecule has 2 aliphatic carbocycles. The van der Waals surface area contributed by atoms with Gasteiger partial charge in [0.05, 0.1) is 0 Å². The van der Waals surface area contributed by atoms with Crippen LogP contribution in [-0.4, -0.2) is 30.6 Å². The number of likely N-dealkylation sites (N-methyl/N-ethyl adjacent to an activating group) is 1. The van der Waals surface area contributed by atoms with Crippen molar-refractivity contribution in [3.8, 4) is 0 Å². The summed E-state index contributed by atoms with van der Waals surface area (Å²) < 4.78 is 0. The molecule has 2 unspecified atom stereocenters. The maximum atomic E-state index is 6.56. The van der Waals surface area contributed by atoms with E-state index in [0.717, 1.165) is 6.42 Å². The van der Waals surface area contributed by atoms with Gasteiger partial charge in [0.15, 0.2) is 0 Å². The van der Waals surface area contributed by atoms with E-state index in [0.29, 0.717) is 5.92 Å². The van der Waals surface area contributed by atoms with Crippen LogP contribution in [-0.2, 0) is 0 Å². The molecule has 2 atom stereocenters. The highest BCUT2D eigenvalue weighted by atomic mass is 15.2. The molecule has 2 heteroatoms. The van der Waals surface area contributed by atoms with E-state index in [4.69, 9.17) is 5.73 Å². The summed E-state index contributed by atoms with van der Waals surface area (Å²) in [5, 5.41) is 0. The number of hydrogen-bond acceptors (Lipinski definition) is 2. The van der Waals surface area contributed by atoms with Crippen LogP contribution in [0.3, 0.4) is 0 Å². The van der Waals surface area contributed by atoms with Gasteiger partial charge in [-0.1, -0.05) is 37.1 Å². The molecule has 2 aliphatic rings. The number of nitrogens with two attached hydrogens (primary N) is 1. The molecule has 0 radical (unpaired) electrons. The summed E-state index contributed by atoms with van der Waals surface area (Å²) in [4.78, 5) is 2.37. The van der Waals surface area contributed by atoms with Gasteiger partial charge < -0.3 is 10.6 Å². The Morgan fingerprint density at radius 2 is 1.94 bits per heavy atom. The first-order chi connectivity index (χ1) is 7.67. The highest BCUT2D eigenvalue weighted by Gasteiger charge is 2.43. The molecule has 0 bridgehead atoms. The Balaban J connectivity index is 2.14. The molecule has 2 N–H and O–H groups in total. The van der Waals surface area contributed by atoms with Gasteiger partial charge >= 0.3 is 0 Å². The lowest BCUT2D eigenvalue weighted by Crippen LogP contribution is -2.58. The first-order valence-corrected chi connectivity index (χ1v) is 6.43. The first kappa shape index (κ1) is 11.9. The molecule has 1 fully saturated rings. The van der Waals surface area contributed by atoms with Crippen LogP contribution in [0, 0.1) is 5.92 Å². The molecule has 0 amide bonds. The molecule has 0 aromatic rings. The number of nitrogens with zero attached hydrogens (tertiary/aromatic N) is 1. The van der Waals surface area contributed by atoms with Crippen molar-refractivity contribution in [3.63, 3.8) is 0 Å². The quantitative estimate of drug-likeness (QED) is 0.791. The predicted molar refractivity (Wildman–Crippen MR) is 69.2 cm³/mol. The number of allylic oxidation sites excluding steroid dienone is 3. The minimum absolute atomic E-state index is 0.236. The summed E-state index contributed by atoms with van der Waals surface area (Å²) in [7, 11) is 4.38. The Morgan fingerprint density at radius 1 is 1.25 bits per heavy atom. The van der Waals surface area contributed by atoms with Gasteiger partial charge in [0.2, 0.25) is 0 Å². The molecule has 2 nitrogen and oxygen atoms in total. The van der Waals surface area contributed by atoms with Crippen molar-refractivity contribution in [2.24, 2.45) is 11.7 Å². The van der Waals surface area contributed by atoms with Crippen LogP contribution >= 0.6 is 0 Å². The van der Waals surface area contributed by atoms with E-state index in [1.165, 1.54) is 25.7 Å². The summed E-state index contributed by atoms with van der Waals surface area (Å²) >= 11 is 0. The summed E-state index contributed by atoms with van der Waals surface area (Å²) in [5.74, 6) is 0.519. The fourth-order valence-electron chi connectivity index (χ4n) is 3.33. The second-order valence-electron chi connectivity index (χ2n) is 5.44. The second-order valence-corrected chi connectivity index (χ2v) is 5.44. The third-order valence-electron chi connectivity index (χ3n) is 4.46. The van der Waals surface area contributed by atoms with Crippen LogP contribution in [0.2, 0.25) is 0 Å². The molecule has 0 saturated heterocycles. The zero-order chi connectivity index (χ0) is 11.6. The summed E-state index contributed by atoms with van der Waals surface area (Å²) in [6.45, 7) is 0. The van der Waals surface area contributed by atoms with Crippen LogP contribution in [0.4, 0.5) is 0 Å². The van der Waals surface area contributed by atoms with E-state index in [9.17, 15) is 0 Å². The zero-order valence-corrected chi connectivity index (χ0v) is 10.5. The molecule has 0 aromatic heterocycles. The minimum atomic E-state index is 0.236. The Kier molecular flexibility index (Phi) is 3.50. The molecule has 0 spiro atoms. The predicted octanol–water partition coefficient (Wildman–Crippen LogP) is 2.32. The van der Waals surface area contributed by atoms with Crippen molar-refractivity contribution in [1.82, 2.24) is 4.90 Å². The third-order valence-corrected chi connectivity index (χ3v) is 4.46. The smallest absolute Gasteiger partial charge is 0.0360 e. The van der Waals surface area contributed by atoms with E-state index in [1.54, 1.807) is 0 Å². The van der Waals surface area contributed by atoms with Crippen LogP contribution in [0.1, 0.15) is 32.1 Å². The lowest BCUT2D eigenvalue weighted by molar-refractivity contribution is 0.104. The van der Waals surface area contributed by atoms with E-state index in [1.807, 2.05) is 0 Å². The minimum Gasteiger partial charge on any atom is -0.326 e. The fourth-order valence-corrected chi connectivity index (χ4v) is 3.33. The zero-order valence-electron chi connectivity index (χ0n) is 10.5. The highest BCUT2D eigenvalue weighted by molar-refractivity contribution is 5.16. The monoisotopic (exact) mass is 220 g/mol. The number of hydrogen-bond donors (Lipinski definition) is 1. The van der Waals surface area contributed by atoms with Crippen molar-refractivity contribution in [3.05, 3.63) is 24.3 Å². The van der Waals surface area contributed by atoms with Crippen molar-refractivity contribution in [1.29, 1.82) is 0 Å². The van der Waals surface area contributed by atoms with Crippen molar-refractivity contribution in [2.75, 3.05) is 14.1 Å². The van der Waals surface area contributed by atoms with E-state index in [2.05, 4.69) is 43.3 Å². The largest absolute Gasteiger partial charge is 0.326 e. The lowest BCUT2D eigenvalue weighted by Gasteiger charge is -2.44. The molecule has 0 aliphatic heterocycles. The molecule has 90 valence electrons. The normalized spacial score (nSPS) is 29.9. The molecule has 0 heterocycles. The van der Waals surface area contributed by atoms with Gasteiger partial charge in [-0.3, -0.25) is 0 Å². The van der Waals surface area contributed by atoms with Crippen LogP contribution in [0.15, 0.2) is 24.3 Å². The van der Waals surface area contributed by atoms with Gasteiger partial charge in [-0.05, 0) is 39.3 Å². The lowest BCUT2D eigenvalue weighted by atomic mass is 9.77. The van der Waals surface area contributed by atoms with Gasteiger partial charge in [-0.25, -0.2) is 0 Å². The van der Waals surface area contributed by atoms with Crippen LogP contribution < -0.4 is 5.73 Å². The molecule has 1 saturated carbocycles. The molecular weight excluding hydrogens is 196 g/mol. The Bertz CT molecular complexity index is 285. The van der Waals surface area contributed by atoms with E-state index in [-0.39, 0.29) is 11.6 Å². The van der Waals surface area contributed by atoms with Gasteiger partial charge in [0, 0.05) is 11.6 Å². The van der Waals surface area contributed by atoms with Crippen LogP contribution in [0.25, 0.3) is 0 Å². The second kappa shape index (κ2) is 4.72. The Labute approximate surface area is 99.2 Å². The summed E-state index contributed by atoms with van der Waals surface area (Å²) in [5.41, 5.74) is 6.80. The molecule has 0 aromatic carbocycles. The summed E-state index contributed by atoms with van der Waals surface area (Å²) in [6.07, 6.45) is 15.1. The number of rotatable bonds is 3. The maximum absolute atomic E-state index is 6.56. The average Bonchev–Trinajstić information content (AvgIpc) is 2.79. The average molecular weight is 220 g/mol. The van der Waals surface area contributed by atoms with Crippen molar-refractivity contribution >= 4 is 0 Å².